The van der Waals surface area contributed by atoms with E-state index in [9.17, 15) is 4.39 Å². The Morgan fingerprint density at radius 2 is 2.07 bits per heavy atom. The van der Waals surface area contributed by atoms with Crippen molar-refractivity contribution in [2.24, 2.45) is 0 Å². The van der Waals surface area contributed by atoms with Crippen LogP contribution in [0.15, 0.2) is 30.6 Å². The number of rotatable bonds is 5. The SMILES string of the molecule is Cc1nc(Nc2ncc(C)s2)cc(C2CCCCN2Cc2ccc(F)cn2)n1. The van der Waals surface area contributed by atoms with Crippen molar-refractivity contribution in [3.63, 3.8) is 0 Å². The average molecular weight is 399 g/mol. The van der Waals surface area contributed by atoms with E-state index in [1.54, 1.807) is 17.4 Å². The molecule has 8 heteroatoms. The molecule has 1 atom stereocenters. The van der Waals surface area contributed by atoms with Crippen molar-refractivity contribution in [3.8, 4) is 0 Å². The summed E-state index contributed by atoms with van der Waals surface area (Å²) < 4.78 is 13.2. The summed E-state index contributed by atoms with van der Waals surface area (Å²) in [4.78, 5) is 21.4. The third-order valence-electron chi connectivity index (χ3n) is 4.82. The fraction of sp³-hybridized carbons (Fsp3) is 0.400. The van der Waals surface area contributed by atoms with Crippen molar-refractivity contribution in [2.45, 2.75) is 45.7 Å². The predicted molar refractivity (Wildman–Crippen MR) is 108 cm³/mol. The summed E-state index contributed by atoms with van der Waals surface area (Å²) in [6.07, 6.45) is 6.47. The minimum Gasteiger partial charge on any atom is -0.316 e. The van der Waals surface area contributed by atoms with Crippen molar-refractivity contribution >= 4 is 22.3 Å². The van der Waals surface area contributed by atoms with Crippen molar-refractivity contribution in [1.29, 1.82) is 0 Å². The van der Waals surface area contributed by atoms with Gasteiger partial charge in [-0.15, -0.1) is 11.3 Å². The molecule has 3 aromatic heterocycles. The van der Waals surface area contributed by atoms with Gasteiger partial charge in [-0.3, -0.25) is 9.88 Å². The van der Waals surface area contributed by atoms with Gasteiger partial charge in [0.2, 0.25) is 0 Å². The van der Waals surface area contributed by atoms with Gasteiger partial charge in [0.15, 0.2) is 5.13 Å². The van der Waals surface area contributed by atoms with Gasteiger partial charge in [0.1, 0.15) is 17.5 Å². The molecule has 0 radical (unpaired) electrons. The Morgan fingerprint density at radius 3 is 2.82 bits per heavy atom. The van der Waals surface area contributed by atoms with Crippen LogP contribution in [-0.2, 0) is 6.54 Å². The highest BCUT2D eigenvalue weighted by atomic mass is 32.1. The Labute approximate surface area is 167 Å². The zero-order valence-electron chi connectivity index (χ0n) is 16.0. The first-order chi connectivity index (χ1) is 13.6. The lowest BCUT2D eigenvalue weighted by atomic mass is 9.98. The molecule has 4 heterocycles. The van der Waals surface area contributed by atoms with Crippen LogP contribution in [0.2, 0.25) is 0 Å². The molecule has 28 heavy (non-hydrogen) atoms. The molecule has 1 aliphatic heterocycles. The molecule has 0 aromatic carbocycles. The van der Waals surface area contributed by atoms with Crippen LogP contribution in [0.3, 0.4) is 0 Å². The van der Waals surface area contributed by atoms with Gasteiger partial charge in [-0.2, -0.15) is 0 Å². The molecule has 0 bridgehead atoms. The van der Waals surface area contributed by atoms with Crippen molar-refractivity contribution in [2.75, 3.05) is 11.9 Å². The number of pyridine rings is 1. The molecule has 0 aliphatic carbocycles. The molecule has 3 aromatic rings. The normalized spacial score (nSPS) is 17.6. The van der Waals surface area contributed by atoms with E-state index < -0.39 is 0 Å². The van der Waals surface area contributed by atoms with Crippen LogP contribution in [0.4, 0.5) is 15.3 Å². The van der Waals surface area contributed by atoms with E-state index in [0.29, 0.717) is 6.54 Å². The van der Waals surface area contributed by atoms with Crippen LogP contribution in [0.1, 0.15) is 47.4 Å². The zero-order chi connectivity index (χ0) is 19.5. The lowest BCUT2D eigenvalue weighted by molar-refractivity contribution is 0.135. The maximum absolute atomic E-state index is 13.2. The first-order valence-electron chi connectivity index (χ1n) is 9.46. The number of nitrogens with one attached hydrogen (secondary N) is 1. The highest BCUT2D eigenvalue weighted by molar-refractivity contribution is 7.15. The lowest BCUT2D eigenvalue weighted by Crippen LogP contribution is -2.34. The molecule has 4 rings (SSSR count). The molecule has 0 spiro atoms. The minimum absolute atomic E-state index is 0.195. The van der Waals surface area contributed by atoms with E-state index in [1.807, 2.05) is 26.1 Å². The summed E-state index contributed by atoms with van der Waals surface area (Å²) in [5.74, 6) is 1.19. The van der Waals surface area contributed by atoms with Crippen LogP contribution in [-0.4, -0.2) is 31.4 Å². The number of anilines is 2. The number of hydrogen-bond acceptors (Lipinski definition) is 7. The fourth-order valence-electron chi connectivity index (χ4n) is 3.57. The number of piperidine rings is 1. The minimum atomic E-state index is -0.307. The van der Waals surface area contributed by atoms with E-state index in [4.69, 9.17) is 4.98 Å². The van der Waals surface area contributed by atoms with Crippen LogP contribution in [0.5, 0.6) is 0 Å². The summed E-state index contributed by atoms with van der Waals surface area (Å²) in [5, 5.41) is 4.13. The molecule has 6 nitrogen and oxygen atoms in total. The van der Waals surface area contributed by atoms with E-state index >= 15 is 0 Å². The molecule has 1 saturated heterocycles. The number of likely N-dealkylation sites (tertiary alicyclic amines) is 1. The van der Waals surface area contributed by atoms with Crippen molar-refractivity contribution < 1.29 is 4.39 Å². The third-order valence-corrected chi connectivity index (χ3v) is 5.65. The van der Waals surface area contributed by atoms with Gasteiger partial charge in [-0.1, -0.05) is 6.42 Å². The van der Waals surface area contributed by atoms with Gasteiger partial charge in [0.05, 0.1) is 23.6 Å². The monoisotopic (exact) mass is 398 g/mol. The van der Waals surface area contributed by atoms with Crippen molar-refractivity contribution in [3.05, 3.63) is 58.5 Å². The standard InChI is InChI=1S/C20H23FN6S/c1-13-10-23-20(28-13)26-19-9-17(24-14(2)25-19)18-5-3-4-8-27(18)12-16-7-6-15(21)11-22-16/h6-7,9-11,18H,3-5,8,12H2,1-2H3,(H,23,24,25,26). The third kappa shape index (κ3) is 4.51. The van der Waals surface area contributed by atoms with Crippen LogP contribution in [0, 0.1) is 19.7 Å². The Balaban J connectivity index is 1.57. The molecule has 0 amide bonds. The van der Waals surface area contributed by atoms with Gasteiger partial charge in [0.25, 0.3) is 0 Å². The summed E-state index contributed by atoms with van der Waals surface area (Å²) >= 11 is 1.60. The van der Waals surface area contributed by atoms with Gasteiger partial charge < -0.3 is 5.32 Å². The maximum atomic E-state index is 13.2. The zero-order valence-corrected chi connectivity index (χ0v) is 16.8. The number of aromatic nitrogens is 4. The molecule has 1 fully saturated rings. The first-order valence-corrected chi connectivity index (χ1v) is 10.3. The molecule has 1 aliphatic rings. The first kappa shape index (κ1) is 18.9. The van der Waals surface area contributed by atoms with Gasteiger partial charge in [-0.05, 0) is 45.4 Å². The molecular weight excluding hydrogens is 375 g/mol. The summed E-state index contributed by atoms with van der Waals surface area (Å²) in [5.41, 5.74) is 1.88. The highest BCUT2D eigenvalue weighted by Gasteiger charge is 2.26. The lowest BCUT2D eigenvalue weighted by Gasteiger charge is -2.35. The largest absolute Gasteiger partial charge is 0.316 e. The highest BCUT2D eigenvalue weighted by Crippen LogP contribution is 2.32. The van der Waals surface area contributed by atoms with Gasteiger partial charge in [-0.25, -0.2) is 19.3 Å². The number of nitrogens with zero attached hydrogens (tertiary/aromatic N) is 5. The second-order valence-corrected chi connectivity index (χ2v) is 8.31. The van der Waals surface area contributed by atoms with Crippen LogP contribution < -0.4 is 5.32 Å². The van der Waals surface area contributed by atoms with E-state index in [-0.39, 0.29) is 11.9 Å². The van der Waals surface area contributed by atoms with E-state index in [2.05, 4.69) is 25.2 Å². The Hall–Kier alpha value is -2.45. The van der Waals surface area contributed by atoms with Crippen LogP contribution in [0.25, 0.3) is 0 Å². The Kier molecular flexibility index (Phi) is 5.59. The van der Waals surface area contributed by atoms with Crippen molar-refractivity contribution in [1.82, 2.24) is 24.8 Å². The fourth-order valence-corrected chi connectivity index (χ4v) is 4.24. The Bertz CT molecular complexity index is 942. The maximum Gasteiger partial charge on any atom is 0.188 e. The second-order valence-electron chi connectivity index (χ2n) is 7.08. The molecular formula is C20H23FN6S. The van der Waals surface area contributed by atoms with E-state index in [0.717, 1.165) is 58.8 Å². The molecule has 146 valence electrons. The average Bonchev–Trinajstić information content (AvgIpc) is 3.08. The predicted octanol–water partition coefficient (Wildman–Crippen LogP) is 4.55. The Morgan fingerprint density at radius 1 is 1.18 bits per heavy atom. The summed E-state index contributed by atoms with van der Waals surface area (Å²) in [7, 11) is 0. The summed E-state index contributed by atoms with van der Waals surface area (Å²) in [6, 6.07) is 5.43. The van der Waals surface area contributed by atoms with Gasteiger partial charge in [0, 0.05) is 23.7 Å². The second kappa shape index (κ2) is 8.28. The van der Waals surface area contributed by atoms with E-state index in [1.165, 1.54) is 12.3 Å². The number of halogens is 1. The van der Waals surface area contributed by atoms with Crippen LogP contribution >= 0.6 is 11.3 Å². The quantitative estimate of drug-likeness (QED) is 0.680. The number of aryl methyl sites for hydroxylation is 2. The smallest absolute Gasteiger partial charge is 0.188 e. The number of thiazole rings is 1. The number of hydrogen-bond donors (Lipinski definition) is 1. The molecule has 1 N–H and O–H groups in total. The molecule has 1 unspecified atom stereocenters. The van der Waals surface area contributed by atoms with Gasteiger partial charge >= 0.3 is 0 Å². The summed E-state index contributed by atoms with van der Waals surface area (Å²) in [6.45, 7) is 5.60. The molecule has 0 saturated carbocycles. The topological polar surface area (TPSA) is 66.8 Å².